The van der Waals surface area contributed by atoms with Gasteiger partial charge in [-0.1, -0.05) is 193 Å². The van der Waals surface area contributed by atoms with Crippen molar-refractivity contribution in [3.05, 3.63) is 181 Å². The fraction of sp³-hybridized carbons (Fsp3) is 0.294. The molecule has 0 aliphatic carbocycles. The molecule has 0 saturated carbocycles. The second kappa shape index (κ2) is 19.2. The Bertz CT molecular complexity index is 2380. The monoisotopic (exact) mass is 907 g/mol. The molecular weight excluding hydrogens is 852 g/mol. The number of halogens is 3. The average Bonchev–Trinajstić information content (AvgIpc) is 3.65. The molecule has 0 bridgehead atoms. The number of methoxy groups -OCH3 is 1. The molecule has 336 valence electrons. The van der Waals surface area contributed by atoms with Crippen molar-refractivity contribution in [1.29, 1.82) is 0 Å². The number of esters is 2. The van der Waals surface area contributed by atoms with Gasteiger partial charge in [-0.3, -0.25) is 0 Å². The van der Waals surface area contributed by atoms with E-state index in [0.717, 1.165) is 40.0 Å². The molecule has 0 spiro atoms. The van der Waals surface area contributed by atoms with Crippen molar-refractivity contribution < 1.29 is 45.9 Å². The first-order valence-electron chi connectivity index (χ1n) is 21.1. The van der Waals surface area contributed by atoms with E-state index >= 15 is 13.2 Å². The molecule has 6 aromatic rings. The number of aromatic nitrogens is 1. The van der Waals surface area contributed by atoms with Gasteiger partial charge in [0.05, 0.1) is 6.61 Å². The Labute approximate surface area is 376 Å². The molecule has 0 aliphatic heterocycles. The maximum absolute atomic E-state index is 15.2. The van der Waals surface area contributed by atoms with E-state index in [0.29, 0.717) is 5.56 Å². The zero-order valence-electron chi connectivity index (χ0n) is 37.5. The summed E-state index contributed by atoms with van der Waals surface area (Å²) in [5.74, 6) is -2.59. The van der Waals surface area contributed by atoms with Crippen LogP contribution in [0.25, 0.3) is 0 Å². The average molecular weight is 908 g/mol. The van der Waals surface area contributed by atoms with Crippen molar-refractivity contribution >= 4 is 49.3 Å². The van der Waals surface area contributed by atoms with Crippen LogP contribution >= 0.6 is 0 Å². The van der Waals surface area contributed by atoms with E-state index in [4.69, 9.17) is 23.2 Å². The van der Waals surface area contributed by atoms with Crippen LogP contribution in [-0.4, -0.2) is 65.9 Å². The Kier molecular flexibility index (Phi) is 14.3. The Hall–Kier alpha value is -5.74. The topological polar surface area (TPSA) is 85.2 Å². The number of carbonyl (C=O) groups excluding carboxylic acids is 2. The second-order valence-corrected chi connectivity index (χ2v) is 26.3. The number of ether oxygens (including phenoxy) is 3. The lowest BCUT2D eigenvalue weighted by atomic mass is 9.92. The third-order valence-corrected chi connectivity index (χ3v) is 21.4. The smallest absolute Gasteiger partial charge is 0.432 e. The van der Waals surface area contributed by atoms with Crippen molar-refractivity contribution in [3.8, 4) is 0 Å². The molecule has 1 heterocycles. The zero-order valence-corrected chi connectivity index (χ0v) is 39.5. The van der Waals surface area contributed by atoms with Crippen LogP contribution in [0, 0.1) is 6.92 Å². The van der Waals surface area contributed by atoms with E-state index in [2.05, 4.69) is 20.8 Å². The molecule has 5 aromatic carbocycles. The lowest BCUT2D eigenvalue weighted by molar-refractivity contribution is -0.279. The van der Waals surface area contributed by atoms with Crippen LogP contribution in [0.1, 0.15) is 63.2 Å². The molecule has 0 N–H and O–H groups in total. The van der Waals surface area contributed by atoms with Gasteiger partial charge in [0.1, 0.15) is 6.61 Å². The predicted octanol–water partition coefficient (Wildman–Crippen LogP) is 8.53. The molecule has 1 aromatic heterocycles. The summed E-state index contributed by atoms with van der Waals surface area (Å²) in [7, 11) is -5.82. The first kappa shape index (κ1) is 47.7. The number of alkyl halides is 3. The predicted molar refractivity (Wildman–Crippen MR) is 248 cm³/mol. The van der Waals surface area contributed by atoms with Gasteiger partial charge in [-0.25, -0.2) is 9.59 Å². The van der Waals surface area contributed by atoms with E-state index in [-0.39, 0.29) is 5.69 Å². The van der Waals surface area contributed by atoms with Crippen LogP contribution in [0.5, 0.6) is 0 Å². The summed E-state index contributed by atoms with van der Waals surface area (Å²) in [6.45, 7) is 13.1. The molecule has 0 aliphatic rings. The lowest BCUT2D eigenvalue weighted by Crippen LogP contribution is -2.71. The van der Waals surface area contributed by atoms with Gasteiger partial charge < -0.3 is 23.2 Å². The van der Waals surface area contributed by atoms with E-state index in [1.54, 1.807) is 12.3 Å². The summed E-state index contributed by atoms with van der Waals surface area (Å²) < 4.78 is 78.3. The number of aryl methyl sites for hydroxylation is 1. The summed E-state index contributed by atoms with van der Waals surface area (Å²) in [5.41, 5.74) is -3.26. The molecule has 0 fully saturated rings. The Balaban J connectivity index is 1.41. The summed E-state index contributed by atoms with van der Waals surface area (Å²) in [6, 6.07) is 47.2. The largest absolute Gasteiger partial charge is 0.457 e. The molecule has 6 rings (SSSR count). The van der Waals surface area contributed by atoms with Gasteiger partial charge in [-0.15, -0.1) is 0 Å². The number of nitrogens with zero attached hydrogens (tertiary/aromatic N) is 1. The van der Waals surface area contributed by atoms with Gasteiger partial charge in [0.15, 0.2) is 11.8 Å². The first-order chi connectivity index (χ1) is 30.3. The van der Waals surface area contributed by atoms with Gasteiger partial charge in [-0.2, -0.15) is 17.9 Å². The first-order valence-corrected chi connectivity index (χ1v) is 24.9. The highest BCUT2D eigenvalue weighted by atomic mass is 28.4. The van der Waals surface area contributed by atoms with E-state index in [1.807, 2.05) is 149 Å². The van der Waals surface area contributed by atoms with Crippen LogP contribution in [0.15, 0.2) is 164 Å². The molecule has 13 heteroatoms. The third kappa shape index (κ3) is 9.25. The third-order valence-electron chi connectivity index (χ3n) is 11.5. The SMILES string of the molecule is CO[C@](C(=O)O[C@H](COC(=O)c1cc(C)cn1O[Si](c1ccccc1)(c1ccccc1)C(C)(C)C)CO[Si](c1ccccc1)(c1ccccc1)C(C)(C)C)(c1ccccc1)C(F)(F)F. The highest BCUT2D eigenvalue weighted by molar-refractivity contribution is 7.00. The molecule has 0 amide bonds. The van der Waals surface area contributed by atoms with Crippen molar-refractivity contribution in [2.24, 2.45) is 0 Å². The molecule has 0 radical (unpaired) electrons. The van der Waals surface area contributed by atoms with Crippen LogP contribution in [-0.2, 0) is 29.0 Å². The van der Waals surface area contributed by atoms with E-state index in [9.17, 15) is 9.59 Å². The summed E-state index contributed by atoms with van der Waals surface area (Å²) in [5, 5.41) is 2.69. The van der Waals surface area contributed by atoms with Crippen LogP contribution in [0.2, 0.25) is 10.1 Å². The van der Waals surface area contributed by atoms with E-state index in [1.165, 1.54) is 22.9 Å². The molecule has 8 nitrogen and oxygen atoms in total. The quantitative estimate of drug-likeness (QED) is 0.0712. The summed E-state index contributed by atoms with van der Waals surface area (Å²) in [6.07, 6.45) is -5.09. The normalized spacial score (nSPS) is 14.0. The summed E-state index contributed by atoms with van der Waals surface area (Å²) in [4.78, 5) is 28.7. The minimum Gasteiger partial charge on any atom is -0.457 e. The van der Waals surface area contributed by atoms with Crippen molar-refractivity contribution in [1.82, 2.24) is 4.73 Å². The number of rotatable bonds is 16. The van der Waals surface area contributed by atoms with Crippen molar-refractivity contribution in [3.63, 3.8) is 0 Å². The van der Waals surface area contributed by atoms with Crippen molar-refractivity contribution in [2.45, 2.75) is 76.4 Å². The number of hydrogen-bond donors (Lipinski definition) is 0. The van der Waals surface area contributed by atoms with Crippen molar-refractivity contribution in [2.75, 3.05) is 20.3 Å². The Morgan fingerprint density at radius 1 is 0.609 bits per heavy atom. The second-order valence-electron chi connectivity index (χ2n) is 17.8. The van der Waals surface area contributed by atoms with Crippen LogP contribution in [0.3, 0.4) is 0 Å². The molecule has 2 atom stereocenters. The molecule has 0 saturated heterocycles. The van der Waals surface area contributed by atoms with Gasteiger partial charge in [0.2, 0.25) is 0 Å². The highest BCUT2D eigenvalue weighted by Crippen LogP contribution is 2.44. The lowest BCUT2D eigenvalue weighted by Gasteiger charge is -2.43. The van der Waals surface area contributed by atoms with Gasteiger partial charge in [0.25, 0.3) is 13.9 Å². The standard InChI is InChI=1S/C51H56F3NO7Si2/c1-38-34-45(55(35-38)62-64(49(5,6)7,43-30-20-12-21-31-43)44-32-22-13-23-33-44)46(56)59-36-40(61-47(57)50(58-8,51(52,53)54)39-24-14-9-15-25-39)37-60-63(48(2,3)4,41-26-16-10-17-27-41)42-28-18-11-19-29-42/h9-35,40H,36-37H2,1-8H3/t40-,50+/m1/s1. The Morgan fingerprint density at radius 2 is 1.02 bits per heavy atom. The minimum atomic E-state index is -5.25. The molecule has 64 heavy (non-hydrogen) atoms. The van der Waals surface area contributed by atoms with Gasteiger partial charge >= 0.3 is 26.4 Å². The maximum Gasteiger partial charge on any atom is 0.432 e. The zero-order chi connectivity index (χ0) is 46.4. The molecule has 0 unspecified atom stereocenters. The van der Waals surface area contributed by atoms with Gasteiger partial charge in [0, 0.05) is 23.9 Å². The van der Waals surface area contributed by atoms with Crippen LogP contribution < -0.4 is 25.3 Å². The number of carbonyl (C=O) groups is 2. The van der Waals surface area contributed by atoms with Gasteiger partial charge in [-0.05, 0) is 44.3 Å². The fourth-order valence-electron chi connectivity index (χ4n) is 8.52. The maximum atomic E-state index is 15.2. The fourth-order valence-corrected chi connectivity index (χ4v) is 17.4. The number of hydrogen-bond acceptors (Lipinski definition) is 7. The highest BCUT2D eigenvalue weighted by Gasteiger charge is 2.64. The Morgan fingerprint density at radius 3 is 1.41 bits per heavy atom. The van der Waals surface area contributed by atoms with E-state index < -0.39 is 75.3 Å². The van der Waals surface area contributed by atoms with Crippen LogP contribution in [0.4, 0.5) is 13.2 Å². The minimum absolute atomic E-state index is 0.0364. The number of benzene rings is 5. The summed E-state index contributed by atoms with van der Waals surface area (Å²) >= 11 is 0. The molecular formula is C51H56F3NO7Si2.